The highest BCUT2D eigenvalue weighted by Gasteiger charge is 2.25. The van der Waals surface area contributed by atoms with Crippen molar-refractivity contribution >= 4 is 11.6 Å². The van der Waals surface area contributed by atoms with Gasteiger partial charge in [0.15, 0.2) is 0 Å². The summed E-state index contributed by atoms with van der Waals surface area (Å²) in [5.41, 5.74) is 1.29. The van der Waals surface area contributed by atoms with Crippen LogP contribution in [0.2, 0.25) is 5.02 Å². The van der Waals surface area contributed by atoms with Gasteiger partial charge in [-0.05, 0) is 24.1 Å². The van der Waals surface area contributed by atoms with Gasteiger partial charge in [-0.3, -0.25) is 0 Å². The van der Waals surface area contributed by atoms with Gasteiger partial charge in [0, 0.05) is 17.5 Å². The molecule has 0 saturated carbocycles. The highest BCUT2D eigenvalue weighted by molar-refractivity contribution is 6.31. The first-order valence-electron chi connectivity index (χ1n) is 4.74. The van der Waals surface area contributed by atoms with Crippen LogP contribution in [-0.4, -0.2) is 13.1 Å². The van der Waals surface area contributed by atoms with Crippen molar-refractivity contribution in [3.05, 3.63) is 34.9 Å². The third kappa shape index (κ3) is 1.72. The van der Waals surface area contributed by atoms with Crippen LogP contribution in [0.15, 0.2) is 24.3 Å². The van der Waals surface area contributed by atoms with E-state index in [1.165, 1.54) is 5.56 Å². The number of hydrogen-bond acceptors (Lipinski definition) is 1. The van der Waals surface area contributed by atoms with E-state index in [9.17, 15) is 0 Å². The minimum Gasteiger partial charge on any atom is -0.316 e. The molecule has 1 saturated heterocycles. The second-order valence-corrected chi connectivity index (χ2v) is 4.17. The van der Waals surface area contributed by atoms with Crippen LogP contribution < -0.4 is 5.32 Å². The summed E-state index contributed by atoms with van der Waals surface area (Å²) < 4.78 is 0. The van der Waals surface area contributed by atoms with Gasteiger partial charge in [-0.1, -0.05) is 36.7 Å². The average molecular weight is 196 g/mol. The Morgan fingerprint density at radius 2 is 2.08 bits per heavy atom. The molecule has 2 rings (SSSR count). The number of nitrogens with one attached hydrogen (secondary N) is 1. The van der Waals surface area contributed by atoms with Gasteiger partial charge in [0.2, 0.25) is 0 Å². The van der Waals surface area contributed by atoms with Crippen LogP contribution in [0, 0.1) is 5.92 Å². The molecule has 0 unspecified atom stereocenters. The summed E-state index contributed by atoms with van der Waals surface area (Å²) in [6, 6.07) is 8.16. The predicted octanol–water partition coefficient (Wildman–Crippen LogP) is 2.66. The van der Waals surface area contributed by atoms with Crippen LogP contribution in [0.4, 0.5) is 0 Å². The standard InChI is InChI=1S/C11H14ClN/c1-8-6-13-7-10(8)9-4-2-3-5-11(9)12/h2-5,8,10,13H,6-7H2,1H3/t8-,10+/m0/s1. The molecule has 0 aromatic heterocycles. The molecule has 0 amide bonds. The quantitative estimate of drug-likeness (QED) is 0.727. The molecule has 1 N–H and O–H groups in total. The molecule has 0 bridgehead atoms. The van der Waals surface area contributed by atoms with Gasteiger partial charge in [0.25, 0.3) is 0 Å². The highest BCUT2D eigenvalue weighted by Crippen LogP contribution is 2.32. The maximum absolute atomic E-state index is 6.14. The molecule has 1 fully saturated rings. The Bertz CT molecular complexity index is 298. The monoisotopic (exact) mass is 195 g/mol. The average Bonchev–Trinajstić information content (AvgIpc) is 2.52. The van der Waals surface area contributed by atoms with E-state index in [0.717, 1.165) is 18.1 Å². The van der Waals surface area contributed by atoms with Crippen molar-refractivity contribution in [2.45, 2.75) is 12.8 Å². The second kappa shape index (κ2) is 3.69. The molecule has 2 heteroatoms. The molecule has 1 aliphatic rings. The fourth-order valence-corrected chi connectivity index (χ4v) is 2.28. The summed E-state index contributed by atoms with van der Waals surface area (Å²) in [5, 5.41) is 4.29. The van der Waals surface area contributed by atoms with Gasteiger partial charge in [-0.25, -0.2) is 0 Å². The molecule has 70 valence electrons. The van der Waals surface area contributed by atoms with E-state index in [1.54, 1.807) is 0 Å². The van der Waals surface area contributed by atoms with Crippen LogP contribution in [0.3, 0.4) is 0 Å². The largest absolute Gasteiger partial charge is 0.316 e. The van der Waals surface area contributed by atoms with Gasteiger partial charge in [-0.15, -0.1) is 0 Å². The predicted molar refractivity (Wildman–Crippen MR) is 56.2 cm³/mol. The van der Waals surface area contributed by atoms with Crippen molar-refractivity contribution in [2.24, 2.45) is 5.92 Å². The normalized spacial score (nSPS) is 27.8. The molecule has 0 aliphatic carbocycles. The van der Waals surface area contributed by atoms with Gasteiger partial charge in [-0.2, -0.15) is 0 Å². The van der Waals surface area contributed by atoms with Crippen molar-refractivity contribution in [3.63, 3.8) is 0 Å². The number of halogens is 1. The molecular formula is C11H14ClN. The SMILES string of the molecule is C[C@H]1CNC[C@H]1c1ccccc1Cl. The Morgan fingerprint density at radius 3 is 2.69 bits per heavy atom. The number of benzene rings is 1. The van der Waals surface area contributed by atoms with E-state index in [-0.39, 0.29) is 0 Å². The fourth-order valence-electron chi connectivity index (χ4n) is 2.00. The van der Waals surface area contributed by atoms with Gasteiger partial charge < -0.3 is 5.32 Å². The van der Waals surface area contributed by atoms with Crippen molar-refractivity contribution in [1.29, 1.82) is 0 Å². The molecule has 2 atom stereocenters. The lowest BCUT2D eigenvalue weighted by molar-refractivity contribution is 0.572. The summed E-state index contributed by atoms with van der Waals surface area (Å²) in [5.74, 6) is 1.29. The zero-order valence-corrected chi connectivity index (χ0v) is 8.51. The molecule has 1 nitrogen and oxygen atoms in total. The zero-order valence-electron chi connectivity index (χ0n) is 7.76. The van der Waals surface area contributed by atoms with E-state index < -0.39 is 0 Å². The van der Waals surface area contributed by atoms with E-state index in [0.29, 0.717) is 11.8 Å². The van der Waals surface area contributed by atoms with Crippen molar-refractivity contribution in [2.75, 3.05) is 13.1 Å². The topological polar surface area (TPSA) is 12.0 Å². The van der Waals surface area contributed by atoms with Crippen LogP contribution in [0.25, 0.3) is 0 Å². The maximum atomic E-state index is 6.14. The maximum Gasteiger partial charge on any atom is 0.0441 e. The molecule has 1 aliphatic heterocycles. The van der Waals surface area contributed by atoms with Crippen molar-refractivity contribution in [3.8, 4) is 0 Å². The van der Waals surface area contributed by atoms with Gasteiger partial charge in [0.05, 0.1) is 0 Å². The first kappa shape index (κ1) is 9.04. The Morgan fingerprint density at radius 1 is 1.31 bits per heavy atom. The van der Waals surface area contributed by atoms with Gasteiger partial charge in [0.1, 0.15) is 0 Å². The van der Waals surface area contributed by atoms with E-state index in [4.69, 9.17) is 11.6 Å². The first-order chi connectivity index (χ1) is 6.29. The smallest absolute Gasteiger partial charge is 0.0441 e. The molecule has 1 aromatic carbocycles. The molecule has 13 heavy (non-hydrogen) atoms. The minimum absolute atomic E-state index is 0.591. The molecule has 1 aromatic rings. The van der Waals surface area contributed by atoms with Crippen LogP contribution in [0.1, 0.15) is 18.4 Å². The summed E-state index contributed by atoms with van der Waals surface area (Å²) in [7, 11) is 0. The zero-order chi connectivity index (χ0) is 9.26. The van der Waals surface area contributed by atoms with Crippen molar-refractivity contribution in [1.82, 2.24) is 5.32 Å². The van der Waals surface area contributed by atoms with Crippen LogP contribution in [0.5, 0.6) is 0 Å². The molecule has 0 radical (unpaired) electrons. The Balaban J connectivity index is 2.29. The molecular weight excluding hydrogens is 182 g/mol. The Kier molecular flexibility index (Phi) is 2.56. The fraction of sp³-hybridized carbons (Fsp3) is 0.455. The highest BCUT2D eigenvalue weighted by atomic mass is 35.5. The van der Waals surface area contributed by atoms with E-state index >= 15 is 0 Å². The lowest BCUT2D eigenvalue weighted by Crippen LogP contribution is -2.08. The third-order valence-corrected chi connectivity index (χ3v) is 3.17. The van der Waals surface area contributed by atoms with Crippen LogP contribution in [-0.2, 0) is 0 Å². The molecule has 0 spiro atoms. The third-order valence-electron chi connectivity index (χ3n) is 2.82. The second-order valence-electron chi connectivity index (χ2n) is 3.76. The summed E-state index contributed by atoms with van der Waals surface area (Å²) in [4.78, 5) is 0. The number of rotatable bonds is 1. The Labute approximate surface area is 84.1 Å². The van der Waals surface area contributed by atoms with Gasteiger partial charge >= 0.3 is 0 Å². The van der Waals surface area contributed by atoms with Crippen molar-refractivity contribution < 1.29 is 0 Å². The number of hydrogen-bond donors (Lipinski definition) is 1. The summed E-state index contributed by atoms with van der Waals surface area (Å²) in [6.07, 6.45) is 0. The minimum atomic E-state index is 0.591. The van der Waals surface area contributed by atoms with E-state index in [2.05, 4.69) is 24.4 Å². The summed E-state index contributed by atoms with van der Waals surface area (Å²) >= 11 is 6.14. The Hall–Kier alpha value is -0.530. The van der Waals surface area contributed by atoms with E-state index in [1.807, 2.05) is 12.1 Å². The first-order valence-corrected chi connectivity index (χ1v) is 5.12. The lowest BCUT2D eigenvalue weighted by atomic mass is 9.90. The molecule has 1 heterocycles. The van der Waals surface area contributed by atoms with Crippen LogP contribution >= 0.6 is 11.6 Å². The summed E-state index contributed by atoms with van der Waals surface area (Å²) in [6.45, 7) is 4.44. The lowest BCUT2D eigenvalue weighted by Gasteiger charge is -2.15.